The van der Waals surface area contributed by atoms with Crippen molar-refractivity contribution in [1.82, 2.24) is 4.98 Å². The van der Waals surface area contributed by atoms with Gasteiger partial charge in [0, 0.05) is 0 Å². The van der Waals surface area contributed by atoms with E-state index in [-0.39, 0.29) is 5.95 Å². The summed E-state index contributed by atoms with van der Waals surface area (Å²) in [5.41, 5.74) is 0. The van der Waals surface area contributed by atoms with E-state index in [9.17, 15) is 4.39 Å². The Morgan fingerprint density at radius 3 is 2.91 bits per heavy atom. The molecular formula is C7H7FINS. The standard InChI is InChI=1S/C7H7FINS/c1-2-11-6-4-3-5(9)7(8)10-6/h3-4H,2H2,1H3. The fourth-order valence-corrected chi connectivity index (χ4v) is 1.53. The van der Waals surface area contributed by atoms with Crippen molar-refractivity contribution < 1.29 is 4.39 Å². The summed E-state index contributed by atoms with van der Waals surface area (Å²) in [5.74, 6) is 0.552. The summed E-state index contributed by atoms with van der Waals surface area (Å²) in [4.78, 5) is 3.75. The number of hydrogen-bond donors (Lipinski definition) is 0. The second-order valence-corrected chi connectivity index (χ2v) is 4.30. The summed E-state index contributed by atoms with van der Waals surface area (Å²) < 4.78 is 13.3. The summed E-state index contributed by atoms with van der Waals surface area (Å²) in [5, 5.41) is 0.755. The van der Waals surface area contributed by atoms with E-state index in [0.717, 1.165) is 10.8 Å². The van der Waals surface area contributed by atoms with E-state index in [2.05, 4.69) is 4.98 Å². The molecule has 0 N–H and O–H groups in total. The Morgan fingerprint density at radius 1 is 1.64 bits per heavy atom. The van der Waals surface area contributed by atoms with Gasteiger partial charge in [-0.05, 0) is 40.5 Å². The van der Waals surface area contributed by atoms with Crippen LogP contribution >= 0.6 is 34.4 Å². The molecule has 0 spiro atoms. The van der Waals surface area contributed by atoms with Crippen molar-refractivity contribution in [2.24, 2.45) is 0 Å². The van der Waals surface area contributed by atoms with Crippen molar-refractivity contribution in [2.45, 2.75) is 11.9 Å². The molecule has 1 nitrogen and oxygen atoms in total. The van der Waals surface area contributed by atoms with Gasteiger partial charge in [0.2, 0.25) is 5.95 Å². The van der Waals surface area contributed by atoms with E-state index in [1.54, 1.807) is 17.8 Å². The normalized spacial score (nSPS) is 10.1. The number of aromatic nitrogens is 1. The molecule has 0 aliphatic carbocycles. The highest BCUT2D eigenvalue weighted by atomic mass is 127. The van der Waals surface area contributed by atoms with Gasteiger partial charge in [-0.1, -0.05) is 6.92 Å². The molecule has 0 unspecified atom stereocenters. The fourth-order valence-electron chi connectivity index (χ4n) is 0.629. The first-order valence-electron chi connectivity index (χ1n) is 3.19. The van der Waals surface area contributed by atoms with Crippen LogP contribution in [0.1, 0.15) is 6.92 Å². The Bertz CT molecular complexity index is 254. The molecule has 0 radical (unpaired) electrons. The molecule has 0 amide bonds. The minimum Gasteiger partial charge on any atom is -0.212 e. The molecule has 0 bridgehead atoms. The van der Waals surface area contributed by atoms with Gasteiger partial charge < -0.3 is 0 Å². The maximum atomic E-state index is 12.8. The molecule has 1 aromatic heterocycles. The first kappa shape index (κ1) is 9.25. The summed E-state index contributed by atoms with van der Waals surface area (Å²) in [6, 6.07) is 3.57. The number of pyridine rings is 1. The van der Waals surface area contributed by atoms with Gasteiger partial charge in [0.15, 0.2) is 0 Å². The highest BCUT2D eigenvalue weighted by molar-refractivity contribution is 14.1. The Morgan fingerprint density at radius 2 is 2.36 bits per heavy atom. The van der Waals surface area contributed by atoms with Crippen LogP contribution in [0.25, 0.3) is 0 Å². The second kappa shape index (κ2) is 4.25. The van der Waals surface area contributed by atoms with Crippen LogP contribution in [0, 0.1) is 9.52 Å². The van der Waals surface area contributed by atoms with Crippen LogP contribution < -0.4 is 0 Å². The molecule has 1 heterocycles. The monoisotopic (exact) mass is 283 g/mol. The zero-order valence-corrected chi connectivity index (χ0v) is 8.95. The zero-order chi connectivity index (χ0) is 8.27. The third-order valence-corrected chi connectivity index (χ3v) is 2.69. The highest BCUT2D eigenvalue weighted by Gasteiger charge is 2.00. The maximum absolute atomic E-state index is 12.8. The van der Waals surface area contributed by atoms with E-state index >= 15 is 0 Å². The lowest BCUT2D eigenvalue weighted by atomic mass is 10.5. The lowest BCUT2D eigenvalue weighted by Gasteiger charge is -1.97. The lowest BCUT2D eigenvalue weighted by Crippen LogP contribution is -1.89. The molecule has 0 aromatic carbocycles. The van der Waals surface area contributed by atoms with Gasteiger partial charge in [-0.3, -0.25) is 0 Å². The number of rotatable bonds is 2. The minimum atomic E-state index is -0.371. The summed E-state index contributed by atoms with van der Waals surface area (Å²) >= 11 is 3.47. The summed E-state index contributed by atoms with van der Waals surface area (Å²) in [6.07, 6.45) is 0. The topological polar surface area (TPSA) is 12.9 Å². The van der Waals surface area contributed by atoms with Crippen LogP contribution in [0.15, 0.2) is 17.2 Å². The van der Waals surface area contributed by atoms with Gasteiger partial charge in [-0.15, -0.1) is 11.8 Å². The van der Waals surface area contributed by atoms with Crippen LogP contribution in [0.5, 0.6) is 0 Å². The second-order valence-electron chi connectivity index (χ2n) is 1.86. The Kier molecular flexibility index (Phi) is 3.58. The molecule has 1 rings (SSSR count). The number of halogens is 2. The number of hydrogen-bond acceptors (Lipinski definition) is 2. The highest BCUT2D eigenvalue weighted by Crippen LogP contribution is 2.17. The molecule has 0 atom stereocenters. The van der Waals surface area contributed by atoms with Crippen LogP contribution in [-0.4, -0.2) is 10.7 Å². The first-order chi connectivity index (χ1) is 5.24. The van der Waals surface area contributed by atoms with Crippen molar-refractivity contribution in [3.63, 3.8) is 0 Å². The van der Waals surface area contributed by atoms with E-state index in [1.165, 1.54) is 0 Å². The van der Waals surface area contributed by atoms with E-state index in [1.807, 2.05) is 35.6 Å². The van der Waals surface area contributed by atoms with Crippen LogP contribution in [0.2, 0.25) is 0 Å². The Hall–Kier alpha value is 0.160. The smallest absolute Gasteiger partial charge is 0.212 e. The van der Waals surface area contributed by atoms with Crippen LogP contribution in [-0.2, 0) is 0 Å². The van der Waals surface area contributed by atoms with Gasteiger partial charge in [-0.2, -0.15) is 4.39 Å². The molecule has 0 fully saturated rings. The number of thioether (sulfide) groups is 1. The fraction of sp³-hybridized carbons (Fsp3) is 0.286. The Labute approximate surface area is 82.9 Å². The average Bonchev–Trinajstić information content (AvgIpc) is 1.98. The maximum Gasteiger partial charge on any atom is 0.227 e. The molecule has 0 saturated heterocycles. The predicted molar refractivity (Wildman–Crippen MR) is 53.3 cm³/mol. The van der Waals surface area contributed by atoms with Crippen molar-refractivity contribution in [1.29, 1.82) is 0 Å². The molecule has 0 aliphatic rings. The molecule has 11 heavy (non-hydrogen) atoms. The zero-order valence-electron chi connectivity index (χ0n) is 5.97. The average molecular weight is 283 g/mol. The predicted octanol–water partition coefficient (Wildman–Crippen LogP) is 2.94. The van der Waals surface area contributed by atoms with Gasteiger partial charge in [0.1, 0.15) is 0 Å². The molecule has 0 saturated carbocycles. The molecule has 4 heteroatoms. The van der Waals surface area contributed by atoms with Crippen molar-refractivity contribution >= 4 is 34.4 Å². The van der Waals surface area contributed by atoms with Gasteiger partial charge >= 0.3 is 0 Å². The summed E-state index contributed by atoms with van der Waals surface area (Å²) in [6.45, 7) is 2.02. The van der Waals surface area contributed by atoms with Crippen molar-refractivity contribution in [3.8, 4) is 0 Å². The third-order valence-electron chi connectivity index (χ3n) is 1.07. The number of nitrogens with zero attached hydrogens (tertiary/aromatic N) is 1. The van der Waals surface area contributed by atoms with Crippen LogP contribution in [0.4, 0.5) is 4.39 Å². The largest absolute Gasteiger partial charge is 0.227 e. The van der Waals surface area contributed by atoms with Crippen molar-refractivity contribution in [3.05, 3.63) is 21.7 Å². The van der Waals surface area contributed by atoms with Gasteiger partial charge in [0.25, 0.3) is 0 Å². The van der Waals surface area contributed by atoms with Crippen molar-refractivity contribution in [2.75, 3.05) is 5.75 Å². The quantitative estimate of drug-likeness (QED) is 0.470. The lowest BCUT2D eigenvalue weighted by molar-refractivity contribution is 0.564. The van der Waals surface area contributed by atoms with Gasteiger partial charge in [-0.25, -0.2) is 4.98 Å². The minimum absolute atomic E-state index is 0.371. The van der Waals surface area contributed by atoms with E-state index < -0.39 is 0 Å². The molecule has 1 aromatic rings. The third kappa shape index (κ3) is 2.59. The SMILES string of the molecule is CCSc1ccc(I)c(F)n1. The molecule has 60 valence electrons. The van der Waals surface area contributed by atoms with Gasteiger partial charge in [0.05, 0.1) is 8.60 Å². The molecule has 0 aliphatic heterocycles. The Balaban J connectivity index is 2.86. The first-order valence-corrected chi connectivity index (χ1v) is 5.25. The summed E-state index contributed by atoms with van der Waals surface area (Å²) in [7, 11) is 0. The van der Waals surface area contributed by atoms with Crippen LogP contribution in [0.3, 0.4) is 0 Å². The van der Waals surface area contributed by atoms with E-state index in [4.69, 9.17) is 0 Å². The molecular weight excluding hydrogens is 276 g/mol. The van der Waals surface area contributed by atoms with E-state index in [0.29, 0.717) is 3.57 Å².